The number of aryl methyl sites for hydroxylation is 3. The zero-order chi connectivity index (χ0) is 82.2. The molecule has 19 aromatic rings. The molecule has 0 spiro atoms. The van der Waals surface area contributed by atoms with Crippen LogP contribution >= 0.6 is 11.6 Å². The molecule has 16 heterocycles. The van der Waals surface area contributed by atoms with E-state index in [2.05, 4.69) is 153 Å². The average molecular weight is 1590 g/mol. The molecule has 25 nitrogen and oxygen atoms in total. The van der Waals surface area contributed by atoms with Crippen molar-refractivity contribution >= 4 is 67.2 Å². The molecule has 4 aromatic carbocycles. The summed E-state index contributed by atoms with van der Waals surface area (Å²) >= 11 is 5.98. The first-order valence-electron chi connectivity index (χ1n) is 38.1. The van der Waals surface area contributed by atoms with Crippen molar-refractivity contribution in [2.45, 2.75) is 73.1 Å². The number of nitrogens with one attached hydrogen (secondary N) is 5. The van der Waals surface area contributed by atoms with Crippen molar-refractivity contribution < 1.29 is 13.9 Å². The number of nitrogens with zero attached hydrogens (tertiary/aromatic N) is 18. The number of aromatic amines is 4. The minimum Gasteiger partial charge on any atom is -0.454 e. The molecule has 20 rings (SSSR count). The van der Waals surface area contributed by atoms with Gasteiger partial charge in [0.1, 0.15) is 17.5 Å². The standard InChI is InChI=1S/C21H21N5.C20H21N3O2.C17H10ClFN6.C17H13N5.C17H12N4/c1-13-6-5-7-16(24-13)19-18(25-20(26-19)21(2,3)4)14-8-9-15-17(12-14)23-11-10-22-15;1-12-6-5-7-14(21-12)18-17(22-19(23-18)20(2,3)4)13-8-9-15-16(10-13)25-11-24-15;18-10-1-2-13(19)12(9-10)15-24-16-14(21-7-8-22-16)17(25-15)23-11-3-5-20-6-4-11;1-11-4-2-5-16(20-11)17-12(10-19-22-17)13-7-8-14-15(21-13)6-3-9-18-14;1-2-6-15-13(5-1)12(8-10-19-15)14-11-20-21-17(14)16-7-3-4-9-18-16/h5-12H,1-4H3,(H,25,26);5-10H,11H2,1-4H3,(H,22,23);1-9H,(H,20,22,23,24,25);2-10H,1H3,(H,19,22);1-11H,(H,20,21). The van der Waals surface area contributed by atoms with Gasteiger partial charge < -0.3 is 24.8 Å². The number of rotatable bonds is 11. The molecule has 0 fully saturated rings. The topological polar surface area (TPSA) is 326 Å². The van der Waals surface area contributed by atoms with E-state index in [1.54, 1.807) is 61.7 Å². The molecule has 586 valence electrons. The number of anilines is 2. The van der Waals surface area contributed by atoms with Crippen molar-refractivity contribution in [1.29, 1.82) is 0 Å². The molecule has 0 aliphatic carbocycles. The van der Waals surface area contributed by atoms with Gasteiger partial charge in [0.25, 0.3) is 0 Å². The lowest BCUT2D eigenvalue weighted by molar-refractivity contribution is 0.174. The third-order valence-corrected chi connectivity index (χ3v) is 19.2. The van der Waals surface area contributed by atoms with E-state index in [4.69, 9.17) is 31.0 Å². The van der Waals surface area contributed by atoms with E-state index in [-0.39, 0.29) is 29.0 Å². The number of hydrogen-bond acceptors (Lipinski definition) is 21. The van der Waals surface area contributed by atoms with E-state index in [0.717, 1.165) is 169 Å². The second kappa shape index (κ2) is 34.1. The fourth-order valence-electron chi connectivity index (χ4n) is 13.1. The highest BCUT2D eigenvalue weighted by Gasteiger charge is 2.27. The molecule has 27 heteroatoms. The summed E-state index contributed by atoms with van der Waals surface area (Å²) in [7, 11) is 0. The molecule has 0 saturated carbocycles. The summed E-state index contributed by atoms with van der Waals surface area (Å²) in [5.41, 5.74) is 23.8. The summed E-state index contributed by atoms with van der Waals surface area (Å²) in [4.78, 5) is 78.4. The molecule has 0 amide bonds. The zero-order valence-corrected chi connectivity index (χ0v) is 66.9. The van der Waals surface area contributed by atoms with Crippen molar-refractivity contribution in [3.05, 3.63) is 302 Å². The van der Waals surface area contributed by atoms with Crippen LogP contribution in [0.1, 0.15) is 70.3 Å². The van der Waals surface area contributed by atoms with Crippen LogP contribution in [0.25, 0.3) is 146 Å². The van der Waals surface area contributed by atoms with Gasteiger partial charge >= 0.3 is 0 Å². The highest BCUT2D eigenvalue weighted by Crippen LogP contribution is 2.41. The summed E-state index contributed by atoms with van der Waals surface area (Å²) in [5, 5.41) is 19.1. The lowest BCUT2D eigenvalue weighted by atomic mass is 9.96. The molecular weight excluding hydrogens is 1510 g/mol. The predicted octanol–water partition coefficient (Wildman–Crippen LogP) is 20.3. The molecule has 1 aliphatic heterocycles. The van der Waals surface area contributed by atoms with Crippen LogP contribution < -0.4 is 14.8 Å². The quantitative estimate of drug-likeness (QED) is 0.0803. The maximum absolute atomic E-state index is 14.2. The summed E-state index contributed by atoms with van der Waals surface area (Å²) < 4.78 is 25.2. The summed E-state index contributed by atoms with van der Waals surface area (Å²) in [6.45, 7) is 19.1. The number of aromatic nitrogens is 22. The number of pyridine rings is 8. The summed E-state index contributed by atoms with van der Waals surface area (Å²) in [6.07, 6.45) is 18.8. The molecule has 5 N–H and O–H groups in total. The van der Waals surface area contributed by atoms with E-state index >= 15 is 0 Å². The van der Waals surface area contributed by atoms with Crippen LogP contribution in [-0.4, -0.2) is 117 Å². The van der Waals surface area contributed by atoms with Crippen molar-refractivity contribution in [1.82, 2.24) is 110 Å². The molecule has 0 bridgehead atoms. The van der Waals surface area contributed by atoms with Gasteiger partial charge in [-0.3, -0.25) is 55.1 Å². The number of H-pyrrole nitrogens is 4. The molecule has 15 aromatic heterocycles. The van der Waals surface area contributed by atoms with E-state index in [9.17, 15) is 4.39 Å². The van der Waals surface area contributed by atoms with Crippen molar-refractivity contribution in [2.24, 2.45) is 0 Å². The van der Waals surface area contributed by atoms with Gasteiger partial charge in [0, 0.05) is 122 Å². The van der Waals surface area contributed by atoms with Crippen LogP contribution in [0.15, 0.2) is 262 Å². The lowest BCUT2D eigenvalue weighted by Crippen LogP contribution is -2.13. The zero-order valence-electron chi connectivity index (χ0n) is 66.2. The third kappa shape index (κ3) is 17.7. The van der Waals surface area contributed by atoms with Gasteiger partial charge in [-0.1, -0.05) is 102 Å². The SMILES string of the molecule is Cc1cccc(-c2[nH]c(C(C)(C)C)nc2-c2ccc3c(c2)OCO3)n1.Cc1cccc(-c2[nH]c(C(C)(C)C)nc2-c2ccc3nccnc3c2)n1.Cc1cccc(-c2[nH]ncc2-c2ccc3ncccc3n2)n1.Fc1ccc(Cl)cc1-c1nc(Nc2ccncc2)c2nccnc2n1.c1ccc(-c2[nH]ncc2-c2ccnc3ccccc23)nc1. The molecule has 119 heavy (non-hydrogen) atoms. The maximum atomic E-state index is 14.2. The van der Waals surface area contributed by atoms with E-state index < -0.39 is 5.82 Å². The monoisotopic (exact) mass is 1590 g/mol. The Balaban J connectivity index is 0.000000111. The van der Waals surface area contributed by atoms with Crippen molar-refractivity contribution in [3.63, 3.8) is 0 Å². The van der Waals surface area contributed by atoms with Crippen LogP contribution in [0.5, 0.6) is 11.5 Å². The van der Waals surface area contributed by atoms with Gasteiger partial charge in [0.05, 0.1) is 108 Å². The number of benzene rings is 4. The highest BCUT2D eigenvalue weighted by molar-refractivity contribution is 6.30. The van der Waals surface area contributed by atoms with Crippen LogP contribution in [0.4, 0.5) is 15.9 Å². The maximum Gasteiger partial charge on any atom is 0.231 e. The average Bonchev–Trinajstić information content (AvgIpc) is 1.75. The van der Waals surface area contributed by atoms with Crippen LogP contribution in [0.2, 0.25) is 5.02 Å². The Labute approximate surface area is 687 Å². The van der Waals surface area contributed by atoms with Gasteiger partial charge in [-0.25, -0.2) is 39.3 Å². The Hall–Kier alpha value is -15.2. The first-order valence-corrected chi connectivity index (χ1v) is 38.5. The number of para-hydroxylation sites is 1. The Morgan fingerprint density at radius 1 is 0.395 bits per heavy atom. The van der Waals surface area contributed by atoms with Gasteiger partial charge in [-0.15, -0.1) is 0 Å². The fraction of sp³-hybridized carbons (Fsp3) is 0.130. The van der Waals surface area contributed by atoms with Crippen LogP contribution in [0.3, 0.4) is 0 Å². The Morgan fingerprint density at radius 3 is 1.66 bits per heavy atom. The molecule has 0 radical (unpaired) electrons. The predicted molar refractivity (Wildman–Crippen MR) is 461 cm³/mol. The first kappa shape index (κ1) is 77.7. The smallest absolute Gasteiger partial charge is 0.231 e. The van der Waals surface area contributed by atoms with Gasteiger partial charge in [-0.2, -0.15) is 10.2 Å². The molecule has 1 aliphatic rings. The largest absolute Gasteiger partial charge is 0.454 e. The molecule has 0 atom stereocenters. The number of halogens is 2. The van der Waals surface area contributed by atoms with Crippen molar-refractivity contribution in [2.75, 3.05) is 12.1 Å². The van der Waals surface area contributed by atoms with Crippen LogP contribution in [0, 0.1) is 26.6 Å². The van der Waals surface area contributed by atoms with Crippen molar-refractivity contribution in [3.8, 4) is 113 Å². The fourth-order valence-corrected chi connectivity index (χ4v) is 13.2. The second-order valence-corrected chi connectivity index (χ2v) is 30.1. The lowest BCUT2D eigenvalue weighted by Gasteiger charge is -2.14. The van der Waals surface area contributed by atoms with Gasteiger partial charge in [0.2, 0.25) is 6.79 Å². The molecule has 0 saturated heterocycles. The Morgan fingerprint density at radius 2 is 0.966 bits per heavy atom. The second-order valence-electron chi connectivity index (χ2n) is 29.7. The van der Waals surface area contributed by atoms with Gasteiger partial charge in [0.15, 0.2) is 34.3 Å². The van der Waals surface area contributed by atoms with Crippen LogP contribution in [-0.2, 0) is 10.8 Å². The van der Waals surface area contributed by atoms with Gasteiger partial charge in [-0.05, 0) is 172 Å². The molecule has 0 unspecified atom stereocenters. The Kier molecular flexibility index (Phi) is 22.3. The normalized spacial score (nSPS) is 11.6. The number of fused-ring (bicyclic) bond motifs is 5. The first-order chi connectivity index (χ1) is 57.8. The molecular formula is C92H77ClFN23O2. The minimum atomic E-state index is -0.470. The van der Waals surface area contributed by atoms with E-state index in [1.807, 2.05) is 191 Å². The number of imidazole rings is 2. The minimum absolute atomic E-state index is 0.0898. The number of ether oxygens (including phenoxy) is 2. The highest BCUT2D eigenvalue weighted by atomic mass is 35.5. The van der Waals surface area contributed by atoms with E-state index in [0.29, 0.717) is 22.0 Å². The third-order valence-electron chi connectivity index (χ3n) is 19.0. The Bertz CT molecular complexity index is 6840. The summed E-state index contributed by atoms with van der Waals surface area (Å²) in [5.74, 6) is 3.50. The van der Waals surface area contributed by atoms with E-state index in [1.165, 1.54) is 24.4 Å². The summed E-state index contributed by atoms with van der Waals surface area (Å²) in [6, 6.07) is 61.4. The number of hydrogen-bond donors (Lipinski definition) is 5.